The molecule has 1 heterocycles. The number of hydrogen-bond donors (Lipinski definition) is 2. The summed E-state index contributed by atoms with van der Waals surface area (Å²) in [4.78, 5) is 1.65. The topological polar surface area (TPSA) is 63.0 Å². The van der Waals surface area contributed by atoms with Gasteiger partial charge in [0.15, 0.2) is 0 Å². The minimum Gasteiger partial charge on any atom is -0.396 e. The standard InChI is InChI=1S/C16H24N4O/c1-16(2,9-6-10-21)13-17-11-14-12-18-20(19-14)15-7-4-3-5-8-15/h3-5,7-8,12,17,21H,6,9-11,13H2,1-2H3. The lowest BCUT2D eigenvalue weighted by Crippen LogP contribution is -2.29. The van der Waals surface area contributed by atoms with E-state index in [1.807, 2.05) is 30.3 Å². The second-order valence-electron chi connectivity index (χ2n) is 6.06. The van der Waals surface area contributed by atoms with E-state index in [1.54, 1.807) is 11.0 Å². The molecule has 0 aliphatic carbocycles. The predicted molar refractivity (Wildman–Crippen MR) is 83.2 cm³/mol. The first-order valence-corrected chi connectivity index (χ1v) is 7.39. The van der Waals surface area contributed by atoms with Crippen LogP contribution in [0.15, 0.2) is 36.5 Å². The summed E-state index contributed by atoms with van der Waals surface area (Å²) in [7, 11) is 0. The van der Waals surface area contributed by atoms with E-state index in [9.17, 15) is 0 Å². The van der Waals surface area contributed by atoms with Gasteiger partial charge in [0.2, 0.25) is 0 Å². The molecule has 2 N–H and O–H groups in total. The Morgan fingerprint density at radius 1 is 1.24 bits per heavy atom. The fourth-order valence-electron chi connectivity index (χ4n) is 2.24. The van der Waals surface area contributed by atoms with Crippen LogP contribution in [0.5, 0.6) is 0 Å². The number of rotatable bonds is 8. The fourth-order valence-corrected chi connectivity index (χ4v) is 2.24. The molecule has 0 amide bonds. The Kier molecular flexibility index (Phi) is 5.47. The third kappa shape index (κ3) is 4.95. The van der Waals surface area contributed by atoms with Gasteiger partial charge in [-0.2, -0.15) is 15.0 Å². The first-order chi connectivity index (χ1) is 10.1. The minimum atomic E-state index is 0.179. The van der Waals surface area contributed by atoms with Gasteiger partial charge in [0.25, 0.3) is 0 Å². The van der Waals surface area contributed by atoms with E-state index in [-0.39, 0.29) is 12.0 Å². The molecule has 21 heavy (non-hydrogen) atoms. The minimum absolute atomic E-state index is 0.179. The lowest BCUT2D eigenvalue weighted by Gasteiger charge is -2.24. The fraction of sp³-hybridized carbons (Fsp3) is 0.500. The van der Waals surface area contributed by atoms with Crippen molar-refractivity contribution < 1.29 is 5.11 Å². The van der Waals surface area contributed by atoms with Gasteiger partial charge >= 0.3 is 0 Å². The van der Waals surface area contributed by atoms with Crippen molar-refractivity contribution >= 4 is 0 Å². The highest BCUT2D eigenvalue weighted by molar-refractivity contribution is 5.28. The Hall–Kier alpha value is -1.72. The zero-order valence-corrected chi connectivity index (χ0v) is 12.8. The summed E-state index contributed by atoms with van der Waals surface area (Å²) in [6, 6.07) is 9.88. The van der Waals surface area contributed by atoms with Crippen molar-refractivity contribution in [2.75, 3.05) is 13.2 Å². The van der Waals surface area contributed by atoms with E-state index in [0.717, 1.165) is 30.8 Å². The molecule has 0 bridgehead atoms. The van der Waals surface area contributed by atoms with E-state index >= 15 is 0 Å². The van der Waals surface area contributed by atoms with Crippen LogP contribution in [0.2, 0.25) is 0 Å². The molecule has 0 atom stereocenters. The summed E-state index contributed by atoms with van der Waals surface area (Å²) in [6.07, 6.45) is 3.65. The molecular formula is C16H24N4O. The summed E-state index contributed by atoms with van der Waals surface area (Å²) in [5.41, 5.74) is 2.07. The maximum atomic E-state index is 8.90. The van der Waals surface area contributed by atoms with Gasteiger partial charge in [-0.1, -0.05) is 32.0 Å². The van der Waals surface area contributed by atoms with Gasteiger partial charge in [-0.25, -0.2) is 0 Å². The van der Waals surface area contributed by atoms with Crippen molar-refractivity contribution in [2.45, 2.75) is 33.2 Å². The first-order valence-electron chi connectivity index (χ1n) is 7.39. The Labute approximate surface area is 126 Å². The highest BCUT2D eigenvalue weighted by Crippen LogP contribution is 2.20. The Balaban J connectivity index is 1.83. The number of aliphatic hydroxyl groups is 1. The Bertz CT molecular complexity index is 536. The first kappa shape index (κ1) is 15.7. The maximum absolute atomic E-state index is 8.90. The van der Waals surface area contributed by atoms with Crippen LogP contribution in [0.25, 0.3) is 5.69 Å². The Morgan fingerprint density at radius 2 is 2.00 bits per heavy atom. The molecule has 2 rings (SSSR count). The van der Waals surface area contributed by atoms with E-state index < -0.39 is 0 Å². The normalized spacial score (nSPS) is 11.8. The molecule has 0 aliphatic heterocycles. The van der Waals surface area contributed by atoms with Gasteiger partial charge < -0.3 is 10.4 Å². The molecule has 0 aliphatic rings. The molecular weight excluding hydrogens is 264 g/mol. The number of nitrogens with one attached hydrogen (secondary N) is 1. The third-order valence-electron chi connectivity index (χ3n) is 3.45. The second-order valence-corrected chi connectivity index (χ2v) is 6.06. The average Bonchev–Trinajstić information content (AvgIpc) is 2.95. The van der Waals surface area contributed by atoms with Gasteiger partial charge in [0.1, 0.15) is 0 Å². The van der Waals surface area contributed by atoms with Crippen LogP contribution in [-0.4, -0.2) is 33.3 Å². The van der Waals surface area contributed by atoms with Crippen LogP contribution in [0, 0.1) is 5.41 Å². The van der Waals surface area contributed by atoms with Crippen molar-refractivity contribution in [1.82, 2.24) is 20.3 Å². The molecule has 2 aromatic rings. The molecule has 1 aromatic heterocycles. The predicted octanol–water partition coefficient (Wildman–Crippen LogP) is 2.16. The van der Waals surface area contributed by atoms with Gasteiger partial charge in [0.05, 0.1) is 17.6 Å². The van der Waals surface area contributed by atoms with E-state index in [4.69, 9.17) is 5.11 Å². The van der Waals surface area contributed by atoms with E-state index in [1.165, 1.54) is 0 Å². The largest absolute Gasteiger partial charge is 0.396 e. The number of benzene rings is 1. The van der Waals surface area contributed by atoms with Gasteiger partial charge in [0, 0.05) is 19.7 Å². The van der Waals surface area contributed by atoms with Gasteiger partial charge in [-0.15, -0.1) is 0 Å². The number of nitrogens with zero attached hydrogens (tertiary/aromatic N) is 3. The summed E-state index contributed by atoms with van der Waals surface area (Å²) in [6.45, 7) is 6.27. The van der Waals surface area contributed by atoms with Crippen molar-refractivity contribution in [3.63, 3.8) is 0 Å². The Morgan fingerprint density at radius 3 is 2.71 bits per heavy atom. The zero-order valence-electron chi connectivity index (χ0n) is 12.8. The van der Waals surface area contributed by atoms with E-state index in [0.29, 0.717) is 6.54 Å². The molecule has 5 heteroatoms. The van der Waals surface area contributed by atoms with Crippen LogP contribution >= 0.6 is 0 Å². The molecule has 0 unspecified atom stereocenters. The summed E-state index contributed by atoms with van der Waals surface area (Å²) in [5.74, 6) is 0. The maximum Gasteiger partial charge on any atom is 0.0969 e. The molecule has 0 spiro atoms. The van der Waals surface area contributed by atoms with Gasteiger partial charge in [-0.05, 0) is 30.4 Å². The lowest BCUT2D eigenvalue weighted by molar-refractivity contribution is 0.236. The molecule has 5 nitrogen and oxygen atoms in total. The third-order valence-corrected chi connectivity index (χ3v) is 3.45. The summed E-state index contributed by atoms with van der Waals surface area (Å²) < 4.78 is 0. The van der Waals surface area contributed by atoms with Crippen molar-refractivity contribution in [2.24, 2.45) is 5.41 Å². The highest BCUT2D eigenvalue weighted by Gasteiger charge is 2.16. The molecule has 114 valence electrons. The summed E-state index contributed by atoms with van der Waals surface area (Å²) in [5, 5.41) is 21.1. The molecule has 0 radical (unpaired) electrons. The monoisotopic (exact) mass is 288 g/mol. The van der Waals surface area contributed by atoms with Crippen molar-refractivity contribution in [3.05, 3.63) is 42.2 Å². The lowest BCUT2D eigenvalue weighted by atomic mass is 9.88. The van der Waals surface area contributed by atoms with Crippen molar-refractivity contribution in [1.29, 1.82) is 0 Å². The van der Waals surface area contributed by atoms with E-state index in [2.05, 4.69) is 29.4 Å². The number of hydrogen-bond acceptors (Lipinski definition) is 4. The number of para-hydroxylation sites is 1. The molecule has 0 fully saturated rings. The molecule has 0 saturated carbocycles. The number of aliphatic hydroxyl groups excluding tert-OH is 1. The van der Waals surface area contributed by atoms with Crippen LogP contribution in [0.4, 0.5) is 0 Å². The quantitative estimate of drug-likeness (QED) is 0.781. The molecule has 1 aromatic carbocycles. The molecule has 0 saturated heterocycles. The van der Waals surface area contributed by atoms with Crippen LogP contribution in [-0.2, 0) is 6.54 Å². The summed E-state index contributed by atoms with van der Waals surface area (Å²) >= 11 is 0. The smallest absolute Gasteiger partial charge is 0.0969 e. The van der Waals surface area contributed by atoms with Gasteiger partial charge in [-0.3, -0.25) is 0 Å². The highest BCUT2D eigenvalue weighted by atomic mass is 16.2. The van der Waals surface area contributed by atoms with Crippen LogP contribution < -0.4 is 5.32 Å². The van der Waals surface area contributed by atoms with Crippen LogP contribution in [0.3, 0.4) is 0 Å². The average molecular weight is 288 g/mol. The van der Waals surface area contributed by atoms with Crippen molar-refractivity contribution in [3.8, 4) is 5.69 Å². The van der Waals surface area contributed by atoms with Crippen LogP contribution in [0.1, 0.15) is 32.4 Å². The SMILES string of the molecule is CC(C)(CCCO)CNCc1cnn(-c2ccccc2)n1. The number of aromatic nitrogens is 3. The zero-order chi connectivity index (χ0) is 15.1. The second kappa shape index (κ2) is 7.33.